The van der Waals surface area contributed by atoms with Crippen LogP contribution in [-0.4, -0.2) is 31.2 Å². The Morgan fingerprint density at radius 1 is 0.971 bits per heavy atom. The molecule has 0 fully saturated rings. The minimum atomic E-state index is -4.59. The topological polar surface area (TPSA) is 107 Å². The molecule has 4 aromatic rings. The Kier molecular flexibility index (Phi) is 5.62. The lowest BCUT2D eigenvalue weighted by molar-refractivity contribution is -0.137. The van der Waals surface area contributed by atoms with Gasteiger partial charge in [-0.25, -0.2) is 4.79 Å². The average molecular weight is 485 g/mol. The number of halogens is 3. The molecule has 7 nitrogen and oxygen atoms in total. The van der Waals surface area contributed by atoms with Gasteiger partial charge in [0.1, 0.15) is 11.5 Å². The lowest BCUT2D eigenvalue weighted by Crippen LogP contribution is -2.40. The number of rotatable bonds is 3. The van der Waals surface area contributed by atoms with E-state index in [4.69, 9.17) is 0 Å². The van der Waals surface area contributed by atoms with E-state index in [2.05, 4.69) is 10.3 Å². The van der Waals surface area contributed by atoms with E-state index in [0.29, 0.717) is 11.1 Å². The summed E-state index contributed by atoms with van der Waals surface area (Å²) in [5.74, 6) is -1.10. The number of phenolic OH excluding ortho intramolecular Hbond substituents is 2. The van der Waals surface area contributed by atoms with Gasteiger partial charge in [-0.15, -0.1) is 0 Å². The number of benzene rings is 3. The fourth-order valence-corrected chi connectivity index (χ4v) is 3.74. The number of aromatic amines is 1. The second kappa shape index (κ2) is 8.23. The van der Waals surface area contributed by atoms with E-state index in [9.17, 15) is 33.0 Å². The second-order valence-electron chi connectivity index (χ2n) is 9.14. The number of carbonyl (C=O) groups is 1. The number of aromatic hydroxyl groups is 2. The Hall–Kier alpha value is -4.21. The summed E-state index contributed by atoms with van der Waals surface area (Å²) in [5, 5.41) is 23.8. The quantitative estimate of drug-likeness (QED) is 0.330. The van der Waals surface area contributed by atoms with Gasteiger partial charge in [0, 0.05) is 22.7 Å². The van der Waals surface area contributed by atoms with E-state index >= 15 is 0 Å². The van der Waals surface area contributed by atoms with Crippen molar-refractivity contribution in [3.05, 3.63) is 76.2 Å². The van der Waals surface area contributed by atoms with Crippen molar-refractivity contribution in [2.75, 3.05) is 0 Å². The first kappa shape index (κ1) is 23.9. The van der Waals surface area contributed by atoms with Gasteiger partial charge in [0.25, 0.3) is 5.91 Å². The summed E-state index contributed by atoms with van der Waals surface area (Å²) in [5.41, 5.74) is -1.23. The zero-order valence-corrected chi connectivity index (χ0v) is 19.0. The molecular formula is C25H22F3N3O4. The molecule has 35 heavy (non-hydrogen) atoms. The predicted molar refractivity (Wildman–Crippen MR) is 125 cm³/mol. The molecule has 3 aromatic carbocycles. The highest BCUT2D eigenvalue weighted by Crippen LogP contribution is 2.38. The van der Waals surface area contributed by atoms with Crippen molar-refractivity contribution in [1.29, 1.82) is 0 Å². The van der Waals surface area contributed by atoms with Crippen molar-refractivity contribution in [3.8, 4) is 28.3 Å². The van der Waals surface area contributed by atoms with E-state index in [1.165, 1.54) is 6.07 Å². The van der Waals surface area contributed by atoms with Gasteiger partial charge in [0.05, 0.1) is 22.3 Å². The predicted octanol–water partition coefficient (Wildman–Crippen LogP) is 4.94. The Morgan fingerprint density at radius 3 is 2.34 bits per heavy atom. The first-order valence-corrected chi connectivity index (χ1v) is 10.6. The molecule has 1 amide bonds. The summed E-state index contributed by atoms with van der Waals surface area (Å²) in [6.07, 6.45) is -4.59. The number of H-pyrrole nitrogens is 1. The first-order chi connectivity index (χ1) is 16.2. The van der Waals surface area contributed by atoms with Crippen LogP contribution in [0.1, 0.15) is 36.7 Å². The van der Waals surface area contributed by atoms with Crippen LogP contribution >= 0.6 is 0 Å². The monoisotopic (exact) mass is 485 g/mol. The molecular weight excluding hydrogens is 463 g/mol. The van der Waals surface area contributed by atoms with Crippen molar-refractivity contribution in [2.24, 2.45) is 0 Å². The molecule has 0 aliphatic rings. The molecule has 0 atom stereocenters. The van der Waals surface area contributed by atoms with Crippen molar-refractivity contribution in [2.45, 2.75) is 32.5 Å². The lowest BCUT2D eigenvalue weighted by Gasteiger charge is -2.20. The van der Waals surface area contributed by atoms with E-state index in [1.54, 1.807) is 24.3 Å². The van der Waals surface area contributed by atoms with Crippen molar-refractivity contribution in [3.63, 3.8) is 0 Å². The number of hydrogen-bond donors (Lipinski definition) is 4. The average Bonchev–Trinajstić information content (AvgIpc) is 3.07. The second-order valence-corrected chi connectivity index (χ2v) is 9.14. The number of imidazole rings is 1. The van der Waals surface area contributed by atoms with Crippen LogP contribution in [-0.2, 0) is 6.18 Å². The van der Waals surface area contributed by atoms with Crippen LogP contribution < -0.4 is 11.0 Å². The number of carbonyl (C=O) groups excluding carboxylic acids is 1. The Bertz CT molecular complexity index is 1510. The van der Waals surface area contributed by atoms with E-state index in [1.807, 2.05) is 20.8 Å². The molecule has 182 valence electrons. The smallest absolute Gasteiger partial charge is 0.416 e. The van der Waals surface area contributed by atoms with Gasteiger partial charge in [-0.05, 0) is 62.7 Å². The van der Waals surface area contributed by atoms with Crippen LogP contribution in [0.2, 0.25) is 0 Å². The van der Waals surface area contributed by atoms with Gasteiger partial charge in [-0.2, -0.15) is 13.2 Å². The summed E-state index contributed by atoms with van der Waals surface area (Å²) in [6, 6.07) is 11.5. The fourth-order valence-electron chi connectivity index (χ4n) is 3.74. The molecule has 0 saturated carbocycles. The number of fused-ring (bicyclic) bond motifs is 1. The molecule has 0 bridgehead atoms. The van der Waals surface area contributed by atoms with Gasteiger partial charge in [-0.1, -0.05) is 12.1 Å². The number of phenols is 2. The highest BCUT2D eigenvalue weighted by Gasteiger charge is 2.31. The zero-order chi connectivity index (χ0) is 25.7. The maximum Gasteiger partial charge on any atom is 0.416 e. The molecule has 4 rings (SSSR count). The number of nitrogens with one attached hydrogen (secondary N) is 2. The summed E-state index contributed by atoms with van der Waals surface area (Å²) in [7, 11) is 0. The minimum Gasteiger partial charge on any atom is -0.507 e. The molecule has 4 N–H and O–H groups in total. The van der Waals surface area contributed by atoms with Crippen LogP contribution in [0, 0.1) is 0 Å². The normalized spacial score (nSPS) is 12.2. The number of hydrogen-bond acceptors (Lipinski definition) is 4. The fraction of sp³-hybridized carbons (Fsp3) is 0.200. The maximum absolute atomic E-state index is 13.1. The summed E-state index contributed by atoms with van der Waals surface area (Å²) >= 11 is 0. The molecule has 0 aliphatic heterocycles. The molecule has 0 radical (unpaired) electrons. The number of aromatic nitrogens is 2. The van der Waals surface area contributed by atoms with Crippen molar-refractivity contribution >= 4 is 16.9 Å². The third-order valence-electron chi connectivity index (χ3n) is 5.27. The van der Waals surface area contributed by atoms with E-state index in [-0.39, 0.29) is 33.9 Å². The van der Waals surface area contributed by atoms with Crippen molar-refractivity contribution < 1.29 is 28.2 Å². The third-order valence-corrected chi connectivity index (χ3v) is 5.27. The van der Waals surface area contributed by atoms with Gasteiger partial charge < -0.3 is 20.5 Å². The van der Waals surface area contributed by atoms with E-state index < -0.39 is 28.7 Å². The van der Waals surface area contributed by atoms with Crippen LogP contribution in [0.15, 0.2) is 59.4 Å². The molecule has 0 saturated heterocycles. The molecule has 10 heteroatoms. The number of alkyl halides is 3. The van der Waals surface area contributed by atoms with Gasteiger partial charge in [-0.3, -0.25) is 9.36 Å². The number of nitrogens with zero attached hydrogens (tertiary/aromatic N) is 1. The maximum atomic E-state index is 13.1. The summed E-state index contributed by atoms with van der Waals surface area (Å²) < 4.78 is 40.3. The molecule has 0 spiro atoms. The third kappa shape index (κ3) is 4.72. The van der Waals surface area contributed by atoms with Crippen molar-refractivity contribution in [1.82, 2.24) is 14.9 Å². The Labute approximate surface area is 197 Å². The largest absolute Gasteiger partial charge is 0.507 e. The molecule has 1 aromatic heterocycles. The van der Waals surface area contributed by atoms with E-state index in [0.717, 1.165) is 28.8 Å². The molecule has 0 unspecified atom stereocenters. The van der Waals surface area contributed by atoms with Crippen LogP contribution in [0.5, 0.6) is 11.5 Å². The Balaban J connectivity index is 1.84. The van der Waals surface area contributed by atoms with Crippen LogP contribution in [0.4, 0.5) is 13.2 Å². The standard InChI is InChI=1S/C25H22F3N3O4/c1-24(2,3)30-22(34)14-6-4-5-13(9-14)16-11-19(21(33)12-20(16)32)31-18-8-7-15(25(26,27)28)10-17(18)29-23(31)35/h4-12,32-33H,1-3H3,(H,29,35)(H,30,34). The zero-order valence-electron chi connectivity index (χ0n) is 19.0. The highest BCUT2D eigenvalue weighted by molar-refractivity contribution is 5.96. The lowest BCUT2D eigenvalue weighted by atomic mass is 10.00. The Morgan fingerprint density at radius 2 is 1.69 bits per heavy atom. The van der Waals surface area contributed by atoms with Gasteiger partial charge in [0.2, 0.25) is 0 Å². The first-order valence-electron chi connectivity index (χ1n) is 10.6. The molecule has 0 aliphatic carbocycles. The number of amides is 1. The summed E-state index contributed by atoms with van der Waals surface area (Å²) in [4.78, 5) is 27.6. The SMILES string of the molecule is CC(C)(C)NC(=O)c1cccc(-c2cc(-n3c(=O)[nH]c4cc(C(F)(F)F)ccc43)c(O)cc2O)c1. The molecule has 1 heterocycles. The van der Waals surface area contributed by atoms with Gasteiger partial charge in [0.15, 0.2) is 0 Å². The van der Waals surface area contributed by atoms with Crippen LogP contribution in [0.3, 0.4) is 0 Å². The minimum absolute atomic E-state index is 0.0571. The van der Waals surface area contributed by atoms with Gasteiger partial charge >= 0.3 is 11.9 Å². The van der Waals surface area contributed by atoms with Crippen LogP contribution in [0.25, 0.3) is 27.8 Å². The highest BCUT2D eigenvalue weighted by atomic mass is 19.4. The summed E-state index contributed by atoms with van der Waals surface area (Å²) in [6.45, 7) is 5.51.